The van der Waals surface area contributed by atoms with E-state index in [2.05, 4.69) is 20.3 Å². The van der Waals surface area contributed by atoms with E-state index in [1.54, 1.807) is 11.3 Å². The van der Waals surface area contributed by atoms with Crippen molar-refractivity contribution in [3.63, 3.8) is 0 Å². The zero-order valence-corrected chi connectivity index (χ0v) is 17.3. The van der Waals surface area contributed by atoms with Gasteiger partial charge in [-0.05, 0) is 46.1 Å². The molecule has 3 aromatic rings. The predicted molar refractivity (Wildman–Crippen MR) is 109 cm³/mol. The smallest absolute Gasteiger partial charge is 0.308 e. The van der Waals surface area contributed by atoms with E-state index in [1.807, 2.05) is 33.0 Å². The van der Waals surface area contributed by atoms with Gasteiger partial charge in [0.1, 0.15) is 22.2 Å². The van der Waals surface area contributed by atoms with Gasteiger partial charge in [-0.15, -0.1) is 11.3 Å². The van der Waals surface area contributed by atoms with Gasteiger partial charge < -0.3 is 10.1 Å². The molecule has 0 amide bonds. The molecule has 2 atom stereocenters. The number of pyridine rings is 1. The minimum absolute atomic E-state index is 0.0499. The highest BCUT2D eigenvalue weighted by Gasteiger charge is 2.31. The van der Waals surface area contributed by atoms with Gasteiger partial charge in [0, 0.05) is 12.2 Å². The molecule has 3 aromatic heterocycles. The number of hydrogen-bond acceptors (Lipinski definition) is 8. The summed E-state index contributed by atoms with van der Waals surface area (Å²) >= 11 is 1.62. The molecular formula is C20H23N5O2S. The summed E-state index contributed by atoms with van der Waals surface area (Å²) in [7, 11) is 1.45. The van der Waals surface area contributed by atoms with E-state index in [-0.39, 0.29) is 17.9 Å². The number of methoxy groups -OCH3 is 1. The summed E-state index contributed by atoms with van der Waals surface area (Å²) in [5, 5.41) is 4.43. The van der Waals surface area contributed by atoms with Crippen LogP contribution in [0.3, 0.4) is 0 Å². The number of aromatic nitrogens is 4. The number of hydrogen-bond donors (Lipinski definition) is 1. The van der Waals surface area contributed by atoms with Crippen molar-refractivity contribution in [2.24, 2.45) is 5.92 Å². The minimum Gasteiger partial charge on any atom is -0.469 e. The fourth-order valence-corrected chi connectivity index (χ4v) is 4.96. The van der Waals surface area contributed by atoms with E-state index >= 15 is 0 Å². The summed E-state index contributed by atoms with van der Waals surface area (Å²) in [5.41, 5.74) is 3.65. The molecule has 8 heteroatoms. The topological polar surface area (TPSA) is 89.9 Å². The number of esters is 1. The second-order valence-electron chi connectivity index (χ2n) is 7.22. The Bertz CT molecular complexity index is 1050. The zero-order chi connectivity index (χ0) is 19.8. The lowest BCUT2D eigenvalue weighted by atomic mass is 10.1. The van der Waals surface area contributed by atoms with E-state index in [0.717, 1.165) is 57.3 Å². The molecule has 1 aliphatic carbocycles. The number of anilines is 1. The fraction of sp³-hybridized carbons (Fsp3) is 0.450. The maximum absolute atomic E-state index is 11.9. The van der Waals surface area contributed by atoms with Crippen LogP contribution in [0.1, 0.15) is 36.5 Å². The molecule has 2 unspecified atom stereocenters. The van der Waals surface area contributed by atoms with Gasteiger partial charge in [0.2, 0.25) is 0 Å². The fourth-order valence-electron chi connectivity index (χ4n) is 3.85. The van der Waals surface area contributed by atoms with Crippen LogP contribution in [0.2, 0.25) is 0 Å². The number of aryl methyl sites for hydroxylation is 3. The first-order chi connectivity index (χ1) is 13.5. The lowest BCUT2D eigenvalue weighted by molar-refractivity contribution is -0.145. The van der Waals surface area contributed by atoms with Crippen LogP contribution in [-0.4, -0.2) is 39.1 Å². The van der Waals surface area contributed by atoms with E-state index in [9.17, 15) is 4.79 Å². The zero-order valence-electron chi connectivity index (χ0n) is 16.4. The van der Waals surface area contributed by atoms with Crippen molar-refractivity contribution in [1.82, 2.24) is 19.9 Å². The number of fused-ring (bicyclic) bond motifs is 1. The molecule has 0 aromatic carbocycles. The third-order valence-electron chi connectivity index (χ3n) is 5.21. The number of thiazole rings is 1. The van der Waals surface area contributed by atoms with Crippen LogP contribution in [0.15, 0.2) is 12.3 Å². The van der Waals surface area contributed by atoms with E-state index in [4.69, 9.17) is 9.72 Å². The van der Waals surface area contributed by atoms with Crippen molar-refractivity contribution in [3.05, 3.63) is 29.5 Å². The molecule has 1 aliphatic rings. The maximum Gasteiger partial charge on any atom is 0.308 e. The predicted octanol–water partition coefficient (Wildman–Crippen LogP) is 3.83. The van der Waals surface area contributed by atoms with E-state index < -0.39 is 0 Å². The number of carbonyl (C=O) groups is 1. The first-order valence-corrected chi connectivity index (χ1v) is 10.2. The normalized spacial score (nSPS) is 19.1. The third-order valence-corrected chi connectivity index (χ3v) is 6.25. The standard InChI is InChI=1S/C20H23N5O2S/c1-10-16(19-25-17-11(2)21-8-7-15(17)28-19)18(23-12(3)22-10)24-14-6-5-13(9-14)20(26)27-4/h7-8,13-14H,5-6,9H2,1-4H3,(H,22,23,24). The Morgan fingerprint density at radius 3 is 2.75 bits per heavy atom. The molecule has 0 aliphatic heterocycles. The van der Waals surface area contributed by atoms with Crippen LogP contribution < -0.4 is 5.32 Å². The highest BCUT2D eigenvalue weighted by atomic mass is 32.1. The van der Waals surface area contributed by atoms with Crippen molar-refractivity contribution < 1.29 is 9.53 Å². The number of nitrogens with zero attached hydrogens (tertiary/aromatic N) is 4. The van der Waals surface area contributed by atoms with Gasteiger partial charge in [0.15, 0.2) is 0 Å². The number of rotatable bonds is 4. The Kier molecular flexibility index (Phi) is 4.97. The van der Waals surface area contributed by atoms with Gasteiger partial charge in [-0.1, -0.05) is 0 Å². The molecule has 0 radical (unpaired) electrons. The summed E-state index contributed by atoms with van der Waals surface area (Å²) in [6.07, 6.45) is 4.29. The van der Waals surface area contributed by atoms with Crippen molar-refractivity contribution in [3.8, 4) is 10.6 Å². The van der Waals surface area contributed by atoms with Crippen LogP contribution >= 0.6 is 11.3 Å². The Labute approximate surface area is 167 Å². The van der Waals surface area contributed by atoms with E-state index in [1.165, 1.54) is 7.11 Å². The van der Waals surface area contributed by atoms with Crippen LogP contribution in [0.5, 0.6) is 0 Å². The average molecular weight is 398 g/mol. The number of nitrogens with one attached hydrogen (secondary N) is 1. The van der Waals surface area contributed by atoms with Gasteiger partial charge >= 0.3 is 5.97 Å². The SMILES string of the molecule is COC(=O)C1CCC(Nc2nc(C)nc(C)c2-c2nc3c(C)nccc3s2)C1. The average Bonchev–Trinajstić information content (AvgIpc) is 3.28. The molecule has 1 N–H and O–H groups in total. The minimum atomic E-state index is -0.131. The summed E-state index contributed by atoms with van der Waals surface area (Å²) in [5.74, 6) is 1.32. The molecule has 0 spiro atoms. The molecule has 4 rings (SSSR count). The molecule has 7 nitrogen and oxygen atoms in total. The molecule has 28 heavy (non-hydrogen) atoms. The van der Waals surface area contributed by atoms with Gasteiger partial charge in [0.05, 0.1) is 34.7 Å². The van der Waals surface area contributed by atoms with E-state index in [0.29, 0.717) is 5.82 Å². The molecular weight excluding hydrogens is 374 g/mol. The molecule has 0 bridgehead atoms. The van der Waals surface area contributed by atoms with Crippen LogP contribution in [0, 0.1) is 26.7 Å². The Morgan fingerprint density at radius 1 is 1.18 bits per heavy atom. The highest BCUT2D eigenvalue weighted by Crippen LogP contribution is 2.37. The largest absolute Gasteiger partial charge is 0.469 e. The highest BCUT2D eigenvalue weighted by molar-refractivity contribution is 7.21. The van der Waals surface area contributed by atoms with Crippen LogP contribution in [0.25, 0.3) is 20.8 Å². The summed E-state index contributed by atoms with van der Waals surface area (Å²) in [6.45, 7) is 5.84. The van der Waals surface area contributed by atoms with Crippen molar-refractivity contribution in [2.45, 2.75) is 46.1 Å². The third kappa shape index (κ3) is 3.44. The van der Waals surface area contributed by atoms with Gasteiger partial charge in [-0.25, -0.2) is 15.0 Å². The maximum atomic E-state index is 11.9. The molecule has 1 fully saturated rings. The number of ether oxygens (including phenoxy) is 1. The van der Waals surface area contributed by atoms with Crippen LogP contribution in [0.4, 0.5) is 5.82 Å². The van der Waals surface area contributed by atoms with Crippen LogP contribution in [-0.2, 0) is 9.53 Å². The summed E-state index contributed by atoms with van der Waals surface area (Å²) < 4.78 is 6.00. The lowest BCUT2D eigenvalue weighted by Gasteiger charge is -2.17. The second kappa shape index (κ2) is 7.43. The molecule has 146 valence electrons. The van der Waals surface area contributed by atoms with Crippen molar-refractivity contribution in [1.29, 1.82) is 0 Å². The van der Waals surface area contributed by atoms with Gasteiger partial charge in [-0.2, -0.15) is 0 Å². The quantitative estimate of drug-likeness (QED) is 0.669. The molecule has 3 heterocycles. The Hall–Kier alpha value is -2.61. The Balaban J connectivity index is 1.70. The monoisotopic (exact) mass is 397 g/mol. The molecule has 0 saturated heterocycles. The summed E-state index contributed by atoms with van der Waals surface area (Å²) in [6, 6.07) is 2.16. The van der Waals surface area contributed by atoms with Crippen molar-refractivity contribution in [2.75, 3.05) is 12.4 Å². The van der Waals surface area contributed by atoms with Gasteiger partial charge in [-0.3, -0.25) is 9.78 Å². The second-order valence-corrected chi connectivity index (χ2v) is 8.25. The molecule has 1 saturated carbocycles. The number of carbonyl (C=O) groups excluding carboxylic acids is 1. The van der Waals surface area contributed by atoms with Crippen molar-refractivity contribution >= 4 is 33.3 Å². The van der Waals surface area contributed by atoms with Gasteiger partial charge in [0.25, 0.3) is 0 Å². The first kappa shape index (κ1) is 18.7. The summed E-state index contributed by atoms with van der Waals surface area (Å²) in [4.78, 5) is 30.2. The lowest BCUT2D eigenvalue weighted by Crippen LogP contribution is -2.20. The first-order valence-electron chi connectivity index (χ1n) is 9.38. The Morgan fingerprint density at radius 2 is 2.00 bits per heavy atom.